The largest absolute Gasteiger partial charge is 0.290 e. The molecule has 0 amide bonds. The summed E-state index contributed by atoms with van der Waals surface area (Å²) in [6, 6.07) is 1.93. The number of imidazole rings is 1. The van der Waals surface area contributed by atoms with E-state index in [0.29, 0.717) is 0 Å². The van der Waals surface area contributed by atoms with E-state index in [0.717, 1.165) is 17.3 Å². The van der Waals surface area contributed by atoms with Gasteiger partial charge in [-0.25, -0.2) is 15.0 Å². The predicted octanol–water partition coefficient (Wildman–Crippen LogP) is 1.28. The fraction of sp³-hybridized carbons (Fsp3) is 0.222. The van der Waals surface area contributed by atoms with E-state index in [1.54, 1.807) is 12.5 Å². The van der Waals surface area contributed by atoms with Crippen LogP contribution in [0, 0.1) is 13.8 Å². The van der Waals surface area contributed by atoms with Gasteiger partial charge in [-0.2, -0.15) is 0 Å². The van der Waals surface area contributed by atoms with Crippen LogP contribution < -0.4 is 0 Å². The standard InChI is InChI=1S/C9H10N4/c1-7-5-9(12-8(2)11-7)13-4-3-10-6-13/h3-6H,1-2H3. The van der Waals surface area contributed by atoms with Crippen molar-refractivity contribution in [2.75, 3.05) is 0 Å². The molecule has 66 valence electrons. The molecule has 2 aromatic heterocycles. The summed E-state index contributed by atoms with van der Waals surface area (Å²) in [5.41, 5.74) is 0.969. The van der Waals surface area contributed by atoms with Crippen LogP contribution in [0.2, 0.25) is 0 Å². The zero-order valence-electron chi connectivity index (χ0n) is 7.60. The van der Waals surface area contributed by atoms with Crippen molar-refractivity contribution >= 4 is 0 Å². The van der Waals surface area contributed by atoms with Crippen LogP contribution in [0.4, 0.5) is 0 Å². The number of rotatable bonds is 1. The summed E-state index contributed by atoms with van der Waals surface area (Å²) in [6.45, 7) is 3.84. The maximum absolute atomic E-state index is 4.29. The predicted molar refractivity (Wildman–Crippen MR) is 48.6 cm³/mol. The first-order valence-corrected chi connectivity index (χ1v) is 4.06. The van der Waals surface area contributed by atoms with Crippen molar-refractivity contribution in [3.63, 3.8) is 0 Å². The van der Waals surface area contributed by atoms with Gasteiger partial charge in [0.1, 0.15) is 18.0 Å². The monoisotopic (exact) mass is 174 g/mol. The van der Waals surface area contributed by atoms with Crippen molar-refractivity contribution in [1.29, 1.82) is 0 Å². The zero-order chi connectivity index (χ0) is 9.26. The van der Waals surface area contributed by atoms with E-state index in [1.807, 2.05) is 30.7 Å². The first-order valence-electron chi connectivity index (χ1n) is 4.06. The van der Waals surface area contributed by atoms with Gasteiger partial charge in [0.25, 0.3) is 0 Å². The van der Waals surface area contributed by atoms with Gasteiger partial charge in [-0.15, -0.1) is 0 Å². The summed E-state index contributed by atoms with van der Waals surface area (Å²) >= 11 is 0. The molecular formula is C9H10N4. The number of hydrogen-bond acceptors (Lipinski definition) is 3. The molecule has 0 fully saturated rings. The van der Waals surface area contributed by atoms with Crippen molar-refractivity contribution in [2.45, 2.75) is 13.8 Å². The van der Waals surface area contributed by atoms with Crippen molar-refractivity contribution in [1.82, 2.24) is 19.5 Å². The Balaban J connectivity index is 2.53. The van der Waals surface area contributed by atoms with Crippen LogP contribution in [0.25, 0.3) is 5.82 Å². The molecule has 0 aromatic carbocycles. The van der Waals surface area contributed by atoms with Gasteiger partial charge in [-0.3, -0.25) is 4.57 Å². The van der Waals surface area contributed by atoms with Gasteiger partial charge < -0.3 is 0 Å². The second kappa shape index (κ2) is 2.97. The van der Waals surface area contributed by atoms with Gasteiger partial charge >= 0.3 is 0 Å². The molecule has 4 heteroatoms. The van der Waals surface area contributed by atoms with Crippen LogP contribution in [-0.2, 0) is 0 Å². The van der Waals surface area contributed by atoms with Crippen LogP contribution in [-0.4, -0.2) is 19.5 Å². The van der Waals surface area contributed by atoms with Crippen LogP contribution in [0.3, 0.4) is 0 Å². The van der Waals surface area contributed by atoms with Gasteiger partial charge in [0.2, 0.25) is 0 Å². The Morgan fingerprint density at radius 2 is 2.08 bits per heavy atom. The minimum absolute atomic E-state index is 0.781. The van der Waals surface area contributed by atoms with E-state index >= 15 is 0 Å². The minimum atomic E-state index is 0.781. The van der Waals surface area contributed by atoms with E-state index < -0.39 is 0 Å². The molecule has 0 aliphatic rings. The van der Waals surface area contributed by atoms with Crippen molar-refractivity contribution < 1.29 is 0 Å². The molecule has 0 saturated heterocycles. The van der Waals surface area contributed by atoms with Crippen LogP contribution >= 0.6 is 0 Å². The van der Waals surface area contributed by atoms with Crippen LogP contribution in [0.15, 0.2) is 24.8 Å². The number of hydrogen-bond donors (Lipinski definition) is 0. The zero-order valence-corrected chi connectivity index (χ0v) is 7.60. The Kier molecular flexibility index (Phi) is 1.81. The maximum Gasteiger partial charge on any atom is 0.141 e. The number of nitrogens with zero attached hydrogens (tertiary/aromatic N) is 4. The second-order valence-electron chi connectivity index (χ2n) is 2.88. The molecule has 0 unspecified atom stereocenters. The molecule has 13 heavy (non-hydrogen) atoms. The van der Waals surface area contributed by atoms with Gasteiger partial charge in [0.15, 0.2) is 0 Å². The number of aromatic nitrogens is 4. The van der Waals surface area contributed by atoms with E-state index in [1.165, 1.54) is 0 Å². The highest BCUT2D eigenvalue weighted by atomic mass is 15.1. The Hall–Kier alpha value is -1.71. The lowest BCUT2D eigenvalue weighted by Gasteiger charge is -2.02. The Morgan fingerprint density at radius 3 is 2.69 bits per heavy atom. The molecule has 2 aromatic rings. The van der Waals surface area contributed by atoms with Gasteiger partial charge in [-0.05, 0) is 13.8 Å². The fourth-order valence-corrected chi connectivity index (χ4v) is 1.22. The quantitative estimate of drug-likeness (QED) is 0.654. The summed E-state index contributed by atoms with van der Waals surface area (Å²) < 4.78 is 1.86. The van der Waals surface area contributed by atoms with Crippen molar-refractivity contribution in [3.05, 3.63) is 36.3 Å². The lowest BCUT2D eigenvalue weighted by molar-refractivity contribution is 0.919. The normalized spacial score (nSPS) is 10.3. The third kappa shape index (κ3) is 1.56. The molecule has 0 spiro atoms. The fourth-order valence-electron chi connectivity index (χ4n) is 1.22. The third-order valence-electron chi connectivity index (χ3n) is 1.72. The summed E-state index contributed by atoms with van der Waals surface area (Å²) in [7, 11) is 0. The lowest BCUT2D eigenvalue weighted by atomic mass is 10.4. The van der Waals surface area contributed by atoms with Gasteiger partial charge in [-0.1, -0.05) is 0 Å². The lowest BCUT2D eigenvalue weighted by Crippen LogP contribution is -1.99. The Labute approximate surface area is 76.3 Å². The van der Waals surface area contributed by atoms with E-state index in [-0.39, 0.29) is 0 Å². The molecule has 2 heterocycles. The SMILES string of the molecule is Cc1cc(-n2ccnc2)nc(C)n1. The summed E-state index contributed by atoms with van der Waals surface area (Å²) in [5, 5.41) is 0. The first kappa shape index (κ1) is 7.91. The summed E-state index contributed by atoms with van der Waals surface area (Å²) in [5.74, 6) is 1.64. The van der Waals surface area contributed by atoms with E-state index in [4.69, 9.17) is 0 Å². The molecule has 0 saturated carbocycles. The number of aryl methyl sites for hydroxylation is 2. The molecule has 0 atom stereocenters. The highest BCUT2D eigenvalue weighted by Gasteiger charge is 1.99. The van der Waals surface area contributed by atoms with Gasteiger partial charge in [0, 0.05) is 24.2 Å². The summed E-state index contributed by atoms with van der Waals surface area (Å²) in [4.78, 5) is 12.4. The highest BCUT2D eigenvalue weighted by molar-refractivity contribution is 5.24. The Bertz CT molecular complexity index is 385. The van der Waals surface area contributed by atoms with Gasteiger partial charge in [0.05, 0.1) is 0 Å². The molecule has 0 aliphatic carbocycles. The van der Waals surface area contributed by atoms with E-state index in [2.05, 4.69) is 15.0 Å². The first-order chi connectivity index (χ1) is 6.25. The topological polar surface area (TPSA) is 43.6 Å². The molecule has 0 N–H and O–H groups in total. The Morgan fingerprint density at radius 1 is 1.23 bits per heavy atom. The average Bonchev–Trinajstić information content (AvgIpc) is 2.53. The second-order valence-corrected chi connectivity index (χ2v) is 2.88. The molecule has 4 nitrogen and oxygen atoms in total. The molecule has 2 rings (SSSR count). The van der Waals surface area contributed by atoms with Crippen molar-refractivity contribution in [2.24, 2.45) is 0 Å². The molecule has 0 radical (unpaired) electrons. The molecular weight excluding hydrogens is 164 g/mol. The van der Waals surface area contributed by atoms with Crippen LogP contribution in [0.5, 0.6) is 0 Å². The maximum atomic E-state index is 4.29. The third-order valence-corrected chi connectivity index (χ3v) is 1.72. The smallest absolute Gasteiger partial charge is 0.141 e. The average molecular weight is 174 g/mol. The minimum Gasteiger partial charge on any atom is -0.290 e. The molecule has 0 aliphatic heterocycles. The van der Waals surface area contributed by atoms with Crippen LogP contribution in [0.1, 0.15) is 11.5 Å². The molecule has 0 bridgehead atoms. The highest BCUT2D eigenvalue weighted by Crippen LogP contribution is 2.05. The van der Waals surface area contributed by atoms with Crippen molar-refractivity contribution in [3.8, 4) is 5.82 Å². The summed E-state index contributed by atoms with van der Waals surface area (Å²) in [6.07, 6.45) is 5.31. The van der Waals surface area contributed by atoms with E-state index in [9.17, 15) is 0 Å².